The summed E-state index contributed by atoms with van der Waals surface area (Å²) in [6.45, 7) is 4.04. The lowest BCUT2D eigenvalue weighted by atomic mass is 10.1. The number of benzene rings is 1. The fourth-order valence-corrected chi connectivity index (χ4v) is 3.05. The zero-order valence-electron chi connectivity index (χ0n) is 14.5. The second-order valence-corrected chi connectivity index (χ2v) is 6.60. The Bertz CT molecular complexity index is 684. The molecule has 0 heterocycles. The van der Waals surface area contributed by atoms with Gasteiger partial charge in [0.15, 0.2) is 23.3 Å². The quantitative estimate of drug-likeness (QED) is 0.329. The molecule has 1 aromatic carbocycles. The highest BCUT2D eigenvalue weighted by molar-refractivity contribution is 5.78. The third kappa shape index (κ3) is 3.42. The van der Waals surface area contributed by atoms with Crippen molar-refractivity contribution in [1.82, 2.24) is 0 Å². The van der Waals surface area contributed by atoms with E-state index in [2.05, 4.69) is 4.74 Å². The summed E-state index contributed by atoms with van der Waals surface area (Å²) in [6, 6.07) is 0. The molecule has 1 saturated carbocycles. The molecule has 0 unspecified atom stereocenters. The molecule has 0 N–H and O–H groups in total. The number of carbonyl (C=O) groups is 1. The smallest absolute Gasteiger partial charge is 0.310 e. The van der Waals surface area contributed by atoms with Crippen molar-refractivity contribution in [3.8, 4) is 0 Å². The first kappa shape index (κ1) is 19.4. The maximum Gasteiger partial charge on any atom is 0.310 e. The van der Waals surface area contributed by atoms with E-state index in [0.29, 0.717) is 0 Å². The summed E-state index contributed by atoms with van der Waals surface area (Å²) < 4.78 is 65.2. The molecule has 1 fully saturated rings. The van der Waals surface area contributed by atoms with E-state index in [9.17, 15) is 22.4 Å². The fraction of sp³-hybridized carbons (Fsp3) is 0.500. The van der Waals surface area contributed by atoms with E-state index in [0.717, 1.165) is 7.11 Å². The van der Waals surface area contributed by atoms with Crippen molar-refractivity contribution in [3.05, 3.63) is 46.5 Å². The highest BCUT2D eigenvalue weighted by Crippen LogP contribution is 2.59. The van der Waals surface area contributed by atoms with Crippen LogP contribution in [0.5, 0.6) is 0 Å². The largest absolute Gasteiger partial charge is 0.460 e. The van der Waals surface area contributed by atoms with Crippen molar-refractivity contribution in [2.24, 2.45) is 17.3 Å². The van der Waals surface area contributed by atoms with Crippen LogP contribution < -0.4 is 0 Å². The van der Waals surface area contributed by atoms with Crippen LogP contribution in [0, 0.1) is 40.5 Å². The van der Waals surface area contributed by atoms with Gasteiger partial charge in [0, 0.05) is 7.11 Å². The number of methoxy groups -OCH3 is 1. The molecule has 0 amide bonds. The number of carbonyl (C=O) groups excluding carboxylic acids is 1. The first-order valence-electron chi connectivity index (χ1n) is 7.80. The molecule has 1 aliphatic rings. The van der Waals surface area contributed by atoms with Gasteiger partial charge in [-0.1, -0.05) is 26.0 Å². The molecular weight excluding hydrogens is 340 g/mol. The highest BCUT2D eigenvalue weighted by Gasteiger charge is 2.61. The van der Waals surface area contributed by atoms with Crippen molar-refractivity contribution >= 4 is 5.97 Å². The van der Waals surface area contributed by atoms with E-state index >= 15 is 0 Å². The van der Waals surface area contributed by atoms with E-state index in [1.165, 1.54) is 0 Å². The Morgan fingerprint density at radius 3 is 1.96 bits per heavy atom. The van der Waals surface area contributed by atoms with Gasteiger partial charge in [-0.15, -0.1) is 0 Å². The molecule has 2 rings (SSSR count). The lowest BCUT2D eigenvalue weighted by Gasteiger charge is -2.12. The number of halogens is 4. The Balaban J connectivity index is 2.18. The standard InChI is InChI=1S/C18H20F4O3/c1-5-6-11-12(18(11,2)3)17(23)25-8-10-15(21)13(19)9(7-24-4)14(20)16(10)22/h5-6,11-12H,7-8H2,1-4H3/b6-5+/t11-,12-/m0/s1. The van der Waals surface area contributed by atoms with E-state index < -0.39 is 59.5 Å². The SMILES string of the molecule is C/C=C/[C@H]1[C@@H](C(=O)OCc2c(F)c(F)c(COC)c(F)c2F)C1(C)C. The molecule has 0 bridgehead atoms. The first-order chi connectivity index (χ1) is 11.7. The second-order valence-electron chi connectivity index (χ2n) is 6.60. The molecule has 25 heavy (non-hydrogen) atoms. The monoisotopic (exact) mass is 360 g/mol. The Morgan fingerprint density at radius 1 is 1.04 bits per heavy atom. The number of hydrogen-bond acceptors (Lipinski definition) is 3. The molecule has 0 saturated heterocycles. The first-order valence-corrected chi connectivity index (χ1v) is 7.80. The molecule has 1 aromatic rings. The summed E-state index contributed by atoms with van der Waals surface area (Å²) in [6.07, 6.45) is 3.66. The van der Waals surface area contributed by atoms with Crippen LogP contribution in [0.15, 0.2) is 12.2 Å². The average Bonchev–Trinajstić information content (AvgIpc) is 3.10. The van der Waals surface area contributed by atoms with Gasteiger partial charge in [-0.05, 0) is 18.3 Å². The summed E-state index contributed by atoms with van der Waals surface area (Å²) in [5.41, 5.74) is -2.13. The van der Waals surface area contributed by atoms with E-state index in [1.807, 2.05) is 26.8 Å². The minimum atomic E-state index is -1.58. The predicted octanol–water partition coefficient (Wildman–Crippen LogP) is 4.28. The summed E-state index contributed by atoms with van der Waals surface area (Å²) in [7, 11) is 1.14. The van der Waals surface area contributed by atoms with Crippen LogP contribution in [-0.4, -0.2) is 13.1 Å². The third-order valence-electron chi connectivity index (χ3n) is 4.66. The van der Waals surface area contributed by atoms with Gasteiger partial charge in [-0.2, -0.15) is 0 Å². The predicted molar refractivity (Wildman–Crippen MR) is 82.4 cm³/mol. The highest BCUT2D eigenvalue weighted by atomic mass is 19.2. The molecule has 0 radical (unpaired) electrons. The minimum Gasteiger partial charge on any atom is -0.460 e. The summed E-state index contributed by atoms with van der Waals surface area (Å²) in [5.74, 6) is -7.43. The van der Waals surface area contributed by atoms with Gasteiger partial charge in [0.05, 0.1) is 23.7 Å². The van der Waals surface area contributed by atoms with Gasteiger partial charge in [0.25, 0.3) is 0 Å². The van der Waals surface area contributed by atoms with Crippen molar-refractivity contribution in [2.75, 3.05) is 7.11 Å². The van der Waals surface area contributed by atoms with Crippen LogP contribution in [0.1, 0.15) is 31.9 Å². The fourth-order valence-electron chi connectivity index (χ4n) is 3.05. The molecular formula is C18H20F4O3. The Kier molecular flexibility index (Phi) is 5.56. The van der Waals surface area contributed by atoms with E-state index in [1.54, 1.807) is 6.08 Å². The van der Waals surface area contributed by atoms with Crippen molar-refractivity contribution in [1.29, 1.82) is 0 Å². The molecule has 0 spiro atoms. The van der Waals surface area contributed by atoms with Crippen molar-refractivity contribution in [2.45, 2.75) is 34.0 Å². The summed E-state index contributed by atoms with van der Waals surface area (Å²) >= 11 is 0. The lowest BCUT2D eigenvalue weighted by molar-refractivity contribution is -0.147. The topological polar surface area (TPSA) is 35.5 Å². The van der Waals surface area contributed by atoms with Crippen molar-refractivity contribution in [3.63, 3.8) is 0 Å². The number of allylic oxidation sites excluding steroid dienone is 2. The van der Waals surface area contributed by atoms with E-state index in [4.69, 9.17) is 4.74 Å². The number of rotatable bonds is 6. The Labute approximate surface area is 143 Å². The molecule has 7 heteroatoms. The maximum atomic E-state index is 14.0. The minimum absolute atomic E-state index is 0.0442. The van der Waals surface area contributed by atoms with Crippen LogP contribution in [0.2, 0.25) is 0 Å². The maximum absolute atomic E-state index is 14.0. The number of ether oxygens (including phenoxy) is 2. The van der Waals surface area contributed by atoms with Crippen LogP contribution in [-0.2, 0) is 27.5 Å². The van der Waals surface area contributed by atoms with Gasteiger partial charge in [0.1, 0.15) is 6.61 Å². The second kappa shape index (κ2) is 7.15. The van der Waals surface area contributed by atoms with Crippen LogP contribution in [0.4, 0.5) is 17.6 Å². The van der Waals surface area contributed by atoms with Crippen LogP contribution in [0.25, 0.3) is 0 Å². The lowest BCUT2D eigenvalue weighted by Crippen LogP contribution is -2.15. The number of esters is 1. The number of hydrogen-bond donors (Lipinski definition) is 0. The van der Waals surface area contributed by atoms with Gasteiger partial charge in [0.2, 0.25) is 0 Å². The zero-order chi connectivity index (χ0) is 18.9. The third-order valence-corrected chi connectivity index (χ3v) is 4.66. The summed E-state index contributed by atoms with van der Waals surface area (Å²) in [5, 5.41) is 0. The van der Waals surface area contributed by atoms with E-state index in [-0.39, 0.29) is 11.3 Å². The van der Waals surface area contributed by atoms with Gasteiger partial charge in [-0.3, -0.25) is 4.79 Å². The molecule has 1 aliphatic carbocycles. The van der Waals surface area contributed by atoms with Gasteiger partial charge < -0.3 is 9.47 Å². The summed E-state index contributed by atoms with van der Waals surface area (Å²) in [4.78, 5) is 12.1. The Hall–Kier alpha value is -1.89. The normalized spacial score (nSPS) is 21.6. The molecule has 0 aromatic heterocycles. The average molecular weight is 360 g/mol. The molecule has 138 valence electrons. The van der Waals surface area contributed by atoms with Crippen LogP contribution >= 0.6 is 0 Å². The van der Waals surface area contributed by atoms with Gasteiger partial charge in [-0.25, -0.2) is 17.6 Å². The molecule has 3 nitrogen and oxygen atoms in total. The molecule has 0 aliphatic heterocycles. The molecule has 2 atom stereocenters. The van der Waals surface area contributed by atoms with Crippen LogP contribution in [0.3, 0.4) is 0 Å². The Morgan fingerprint density at radius 2 is 1.52 bits per heavy atom. The zero-order valence-corrected chi connectivity index (χ0v) is 14.5. The van der Waals surface area contributed by atoms with Crippen molar-refractivity contribution < 1.29 is 31.8 Å². The van der Waals surface area contributed by atoms with Gasteiger partial charge >= 0.3 is 5.97 Å².